The van der Waals surface area contributed by atoms with Crippen molar-refractivity contribution in [2.45, 2.75) is 0 Å². The van der Waals surface area contributed by atoms with E-state index in [9.17, 15) is 19.7 Å². The second kappa shape index (κ2) is 7.09. The third-order valence-corrected chi connectivity index (χ3v) is 3.04. The minimum Gasteiger partial charge on any atom is -0.497 e. The third kappa shape index (κ3) is 3.97. The van der Waals surface area contributed by atoms with E-state index in [0.29, 0.717) is 11.4 Å². The van der Waals surface area contributed by atoms with Crippen molar-refractivity contribution < 1.29 is 24.4 Å². The van der Waals surface area contributed by atoms with Gasteiger partial charge in [0.05, 0.1) is 23.3 Å². The zero-order valence-corrected chi connectivity index (χ0v) is 12.5. The van der Waals surface area contributed by atoms with Crippen molar-refractivity contribution >= 4 is 29.1 Å². The fraction of sp³-hybridized carbons (Fsp3) is 0.0667. The van der Waals surface area contributed by atoms with Gasteiger partial charge < -0.3 is 20.5 Å². The van der Waals surface area contributed by atoms with E-state index >= 15 is 0 Å². The third-order valence-electron chi connectivity index (χ3n) is 3.04. The van der Waals surface area contributed by atoms with Gasteiger partial charge in [0.15, 0.2) is 0 Å². The molecule has 9 heteroatoms. The Morgan fingerprint density at radius 3 is 2.33 bits per heavy atom. The van der Waals surface area contributed by atoms with Gasteiger partial charge in [-0.25, -0.2) is 9.59 Å². The Morgan fingerprint density at radius 1 is 1.12 bits per heavy atom. The molecule has 0 unspecified atom stereocenters. The highest BCUT2D eigenvalue weighted by Crippen LogP contribution is 2.23. The largest absolute Gasteiger partial charge is 0.497 e. The van der Waals surface area contributed by atoms with Crippen LogP contribution in [-0.2, 0) is 0 Å². The van der Waals surface area contributed by atoms with Gasteiger partial charge in [-0.15, -0.1) is 0 Å². The number of nitro benzene ring substituents is 1. The zero-order chi connectivity index (χ0) is 17.7. The van der Waals surface area contributed by atoms with Gasteiger partial charge in [0.1, 0.15) is 5.75 Å². The van der Waals surface area contributed by atoms with Crippen molar-refractivity contribution in [2.75, 3.05) is 17.7 Å². The molecule has 0 aliphatic carbocycles. The number of methoxy groups -OCH3 is 1. The Balaban J connectivity index is 2.15. The fourth-order valence-electron chi connectivity index (χ4n) is 1.89. The Bertz CT molecular complexity index is 788. The molecule has 0 aliphatic heterocycles. The highest BCUT2D eigenvalue weighted by Gasteiger charge is 2.17. The number of amides is 2. The molecule has 0 radical (unpaired) electrons. The number of aromatic carboxylic acids is 1. The van der Waals surface area contributed by atoms with E-state index < -0.39 is 16.9 Å². The molecule has 2 aromatic rings. The average Bonchev–Trinajstić information content (AvgIpc) is 2.55. The highest BCUT2D eigenvalue weighted by atomic mass is 16.6. The molecular formula is C15H13N3O6. The first kappa shape index (κ1) is 16.7. The molecule has 0 spiro atoms. The molecule has 24 heavy (non-hydrogen) atoms. The minimum atomic E-state index is -1.39. The number of benzene rings is 2. The summed E-state index contributed by atoms with van der Waals surface area (Å²) in [7, 11) is 1.51. The standard InChI is InChI=1S/C15H13N3O6/c1-24-11-5-2-9(3-6-11)16-15(21)17-13-7-4-10(18(22)23)8-12(13)14(19)20/h2-8H,1H3,(H,19,20)(H2,16,17,21). The predicted molar refractivity (Wildman–Crippen MR) is 85.7 cm³/mol. The molecule has 0 heterocycles. The maximum Gasteiger partial charge on any atom is 0.338 e. The van der Waals surface area contributed by atoms with Crippen LogP contribution in [0.4, 0.5) is 21.9 Å². The summed E-state index contributed by atoms with van der Waals surface area (Å²) in [6.07, 6.45) is 0. The maximum atomic E-state index is 11.9. The molecule has 0 aliphatic rings. The second-order valence-electron chi connectivity index (χ2n) is 4.60. The Hall–Kier alpha value is -3.62. The number of anilines is 2. The summed E-state index contributed by atoms with van der Waals surface area (Å²) in [6, 6.07) is 8.96. The molecular weight excluding hydrogens is 318 g/mol. The number of rotatable bonds is 5. The first-order valence-corrected chi connectivity index (χ1v) is 6.64. The second-order valence-corrected chi connectivity index (χ2v) is 4.60. The van der Waals surface area contributed by atoms with Gasteiger partial charge in [-0.1, -0.05) is 0 Å². The normalized spacial score (nSPS) is 9.88. The van der Waals surface area contributed by atoms with Gasteiger partial charge in [-0.05, 0) is 30.3 Å². The number of non-ortho nitro benzene ring substituents is 1. The highest BCUT2D eigenvalue weighted by molar-refractivity contribution is 6.05. The van der Waals surface area contributed by atoms with E-state index in [-0.39, 0.29) is 16.9 Å². The lowest BCUT2D eigenvalue weighted by molar-refractivity contribution is -0.384. The molecule has 0 atom stereocenters. The van der Waals surface area contributed by atoms with Crippen molar-refractivity contribution in [2.24, 2.45) is 0 Å². The number of carbonyl (C=O) groups excluding carboxylic acids is 1. The molecule has 9 nitrogen and oxygen atoms in total. The lowest BCUT2D eigenvalue weighted by Gasteiger charge is -2.10. The van der Waals surface area contributed by atoms with E-state index in [2.05, 4.69) is 10.6 Å². The summed E-state index contributed by atoms with van der Waals surface area (Å²) in [4.78, 5) is 33.1. The molecule has 3 N–H and O–H groups in total. The molecule has 2 aromatic carbocycles. The Morgan fingerprint density at radius 2 is 1.79 bits per heavy atom. The number of hydrogen-bond acceptors (Lipinski definition) is 5. The number of hydrogen-bond donors (Lipinski definition) is 3. The Labute approximate surface area is 136 Å². The van der Waals surface area contributed by atoms with Crippen LogP contribution < -0.4 is 15.4 Å². The van der Waals surface area contributed by atoms with Crippen LogP contribution in [0.15, 0.2) is 42.5 Å². The molecule has 0 fully saturated rings. The van der Waals surface area contributed by atoms with Crippen LogP contribution in [0.5, 0.6) is 5.75 Å². The van der Waals surface area contributed by atoms with Crippen LogP contribution in [0, 0.1) is 10.1 Å². The lowest BCUT2D eigenvalue weighted by Crippen LogP contribution is -2.21. The number of nitrogens with one attached hydrogen (secondary N) is 2. The summed E-state index contributed by atoms with van der Waals surface area (Å²) in [5.74, 6) is -0.775. The Kier molecular flexibility index (Phi) is 4.95. The zero-order valence-electron chi connectivity index (χ0n) is 12.5. The first-order chi connectivity index (χ1) is 11.4. The van der Waals surface area contributed by atoms with Gasteiger partial charge in [-0.3, -0.25) is 10.1 Å². The maximum absolute atomic E-state index is 11.9. The average molecular weight is 331 g/mol. The first-order valence-electron chi connectivity index (χ1n) is 6.64. The van der Waals surface area contributed by atoms with Crippen molar-refractivity contribution in [1.29, 1.82) is 0 Å². The molecule has 2 rings (SSSR count). The van der Waals surface area contributed by atoms with Gasteiger partial charge in [0.25, 0.3) is 5.69 Å². The summed E-state index contributed by atoms with van der Waals surface area (Å²) in [6.45, 7) is 0. The SMILES string of the molecule is COc1ccc(NC(=O)Nc2ccc([N+](=O)[O-])cc2C(=O)O)cc1. The summed E-state index contributed by atoms with van der Waals surface area (Å²) >= 11 is 0. The van der Waals surface area contributed by atoms with Crippen molar-refractivity contribution in [3.8, 4) is 5.75 Å². The number of nitrogens with zero attached hydrogens (tertiary/aromatic N) is 1. The van der Waals surface area contributed by atoms with Crippen LogP contribution in [0.3, 0.4) is 0 Å². The van der Waals surface area contributed by atoms with Crippen LogP contribution in [0.1, 0.15) is 10.4 Å². The van der Waals surface area contributed by atoms with E-state index in [1.165, 1.54) is 7.11 Å². The van der Waals surface area contributed by atoms with Gasteiger partial charge in [0, 0.05) is 17.8 Å². The van der Waals surface area contributed by atoms with Crippen LogP contribution in [0.25, 0.3) is 0 Å². The predicted octanol–water partition coefficient (Wildman–Crippen LogP) is 2.95. The van der Waals surface area contributed by atoms with Crippen LogP contribution in [-0.4, -0.2) is 29.1 Å². The van der Waals surface area contributed by atoms with Crippen molar-refractivity contribution in [3.63, 3.8) is 0 Å². The number of nitro groups is 1. The number of ether oxygens (including phenoxy) is 1. The summed E-state index contributed by atoms with van der Waals surface area (Å²) in [5, 5.41) is 24.7. The minimum absolute atomic E-state index is 0.0564. The molecule has 0 saturated heterocycles. The van der Waals surface area contributed by atoms with Crippen LogP contribution >= 0.6 is 0 Å². The van der Waals surface area contributed by atoms with Crippen LogP contribution in [0.2, 0.25) is 0 Å². The van der Waals surface area contributed by atoms with Crippen molar-refractivity contribution in [1.82, 2.24) is 0 Å². The van der Waals surface area contributed by atoms with E-state index in [1.54, 1.807) is 24.3 Å². The summed E-state index contributed by atoms with van der Waals surface area (Å²) < 4.78 is 4.99. The van der Waals surface area contributed by atoms with Gasteiger partial charge >= 0.3 is 12.0 Å². The number of carboxylic acid groups (broad SMARTS) is 1. The molecule has 2 amide bonds. The van der Waals surface area contributed by atoms with Crippen molar-refractivity contribution in [3.05, 3.63) is 58.1 Å². The topological polar surface area (TPSA) is 131 Å². The van der Waals surface area contributed by atoms with E-state index in [1.807, 2.05) is 0 Å². The smallest absolute Gasteiger partial charge is 0.338 e. The van der Waals surface area contributed by atoms with E-state index in [4.69, 9.17) is 9.84 Å². The monoisotopic (exact) mass is 331 g/mol. The van der Waals surface area contributed by atoms with Gasteiger partial charge in [0.2, 0.25) is 0 Å². The number of carbonyl (C=O) groups is 2. The fourth-order valence-corrected chi connectivity index (χ4v) is 1.89. The molecule has 0 aromatic heterocycles. The quantitative estimate of drug-likeness (QED) is 0.570. The lowest BCUT2D eigenvalue weighted by atomic mass is 10.1. The summed E-state index contributed by atoms with van der Waals surface area (Å²) in [5.41, 5.74) is -0.353. The van der Waals surface area contributed by atoms with E-state index in [0.717, 1.165) is 18.2 Å². The molecule has 0 saturated carbocycles. The number of urea groups is 1. The molecule has 124 valence electrons. The van der Waals surface area contributed by atoms with Gasteiger partial charge in [-0.2, -0.15) is 0 Å². The molecule has 0 bridgehead atoms. The number of carboxylic acids is 1.